The summed E-state index contributed by atoms with van der Waals surface area (Å²) in [6.45, 7) is 4.99. The number of esters is 1. The van der Waals surface area contributed by atoms with Gasteiger partial charge in [-0.05, 0) is 30.9 Å². The van der Waals surface area contributed by atoms with Gasteiger partial charge in [0.25, 0.3) is 11.8 Å². The zero-order valence-electron chi connectivity index (χ0n) is 16.8. The molecule has 1 aliphatic rings. The number of likely N-dealkylation sites (N-methyl/N-ethyl adjacent to an activating group) is 1. The molecule has 0 radical (unpaired) electrons. The summed E-state index contributed by atoms with van der Waals surface area (Å²) in [4.78, 5) is 51.1. The van der Waals surface area contributed by atoms with Crippen molar-refractivity contribution < 1.29 is 23.9 Å². The maximum absolute atomic E-state index is 12.5. The van der Waals surface area contributed by atoms with Gasteiger partial charge in [-0.15, -0.1) is 0 Å². The Labute approximate surface area is 164 Å². The molecule has 4 amide bonds. The van der Waals surface area contributed by atoms with Gasteiger partial charge in [-0.25, -0.2) is 4.79 Å². The number of hydrogen-bond acceptors (Lipinski definition) is 5. The number of rotatable bonds is 8. The normalized spacial score (nSPS) is 15.4. The van der Waals surface area contributed by atoms with E-state index in [4.69, 9.17) is 4.74 Å². The second-order valence-electron chi connectivity index (χ2n) is 6.95. The number of hydrogen-bond donors (Lipinski definition) is 1. The fourth-order valence-electron chi connectivity index (χ4n) is 3.11. The highest BCUT2D eigenvalue weighted by molar-refractivity contribution is 6.08. The monoisotopic (exact) mass is 389 g/mol. The maximum Gasteiger partial charge on any atom is 0.326 e. The van der Waals surface area contributed by atoms with Gasteiger partial charge in [0.05, 0.1) is 0 Å². The number of ether oxygens (including phenoxy) is 1. The summed E-state index contributed by atoms with van der Waals surface area (Å²) < 4.78 is 4.98. The van der Waals surface area contributed by atoms with E-state index in [0.717, 1.165) is 16.0 Å². The van der Waals surface area contributed by atoms with Crippen molar-refractivity contribution in [2.24, 2.45) is 0 Å². The van der Waals surface area contributed by atoms with Gasteiger partial charge in [0.2, 0.25) is 0 Å². The van der Waals surface area contributed by atoms with Crippen LogP contribution in [0.4, 0.5) is 4.79 Å². The topological polar surface area (TPSA) is 96.0 Å². The van der Waals surface area contributed by atoms with Crippen molar-refractivity contribution in [1.82, 2.24) is 15.1 Å². The molecule has 1 saturated heterocycles. The summed E-state index contributed by atoms with van der Waals surface area (Å²) in [6, 6.07) is 7.08. The molecule has 1 aromatic carbocycles. The van der Waals surface area contributed by atoms with Crippen LogP contribution in [-0.4, -0.2) is 59.4 Å². The van der Waals surface area contributed by atoms with E-state index in [-0.39, 0.29) is 5.91 Å². The second kappa shape index (κ2) is 8.86. The molecular weight excluding hydrogens is 362 g/mol. The lowest BCUT2D eigenvalue weighted by Crippen LogP contribution is -2.46. The van der Waals surface area contributed by atoms with Crippen molar-refractivity contribution in [3.63, 3.8) is 0 Å². The first-order valence-corrected chi connectivity index (χ1v) is 9.32. The van der Waals surface area contributed by atoms with Crippen molar-refractivity contribution in [2.75, 3.05) is 20.2 Å². The highest BCUT2D eigenvalue weighted by Gasteiger charge is 2.49. The van der Waals surface area contributed by atoms with Gasteiger partial charge < -0.3 is 15.0 Å². The molecule has 0 unspecified atom stereocenters. The molecule has 8 nitrogen and oxygen atoms in total. The molecule has 1 fully saturated rings. The van der Waals surface area contributed by atoms with Crippen LogP contribution in [0.15, 0.2) is 24.3 Å². The molecule has 0 bridgehead atoms. The van der Waals surface area contributed by atoms with E-state index < -0.39 is 36.6 Å². The minimum Gasteiger partial charge on any atom is -0.454 e. The standard InChI is InChI=1S/C20H27N3O5/c1-5-20(6-2)18(26)23(19(27)21-20)12-17(25)28-13-16(24)22(4)11-15-10-8-7-9-14(15)3/h7-10H,5-6,11-13H2,1-4H3,(H,21,27). The highest BCUT2D eigenvalue weighted by atomic mass is 16.5. The summed E-state index contributed by atoms with van der Waals surface area (Å²) in [7, 11) is 1.62. The molecule has 0 spiro atoms. The lowest BCUT2D eigenvalue weighted by molar-refractivity contribution is -0.153. The molecule has 0 saturated carbocycles. The fraction of sp³-hybridized carbons (Fsp3) is 0.500. The minimum atomic E-state index is -0.971. The average molecular weight is 389 g/mol. The van der Waals surface area contributed by atoms with Crippen LogP contribution in [-0.2, 0) is 25.7 Å². The van der Waals surface area contributed by atoms with Crippen LogP contribution in [0.25, 0.3) is 0 Å². The molecule has 1 aliphatic heterocycles. The van der Waals surface area contributed by atoms with E-state index >= 15 is 0 Å². The van der Waals surface area contributed by atoms with Gasteiger partial charge in [-0.1, -0.05) is 38.1 Å². The van der Waals surface area contributed by atoms with Gasteiger partial charge in [-0.3, -0.25) is 19.3 Å². The number of benzene rings is 1. The molecule has 0 aliphatic carbocycles. The summed E-state index contributed by atoms with van der Waals surface area (Å²) >= 11 is 0. The third kappa shape index (κ3) is 4.49. The Bertz CT molecular complexity index is 773. The quantitative estimate of drug-likeness (QED) is 0.538. The Morgan fingerprint density at radius 1 is 1.18 bits per heavy atom. The Balaban J connectivity index is 1.87. The first-order valence-electron chi connectivity index (χ1n) is 9.32. The minimum absolute atomic E-state index is 0.370. The Kier molecular flexibility index (Phi) is 6.77. The van der Waals surface area contributed by atoms with E-state index in [2.05, 4.69) is 5.32 Å². The number of imide groups is 1. The number of carbonyl (C=O) groups is 4. The number of amides is 4. The van der Waals surface area contributed by atoms with E-state index in [0.29, 0.717) is 19.4 Å². The number of aryl methyl sites for hydroxylation is 1. The zero-order valence-corrected chi connectivity index (χ0v) is 16.8. The predicted molar refractivity (Wildman–Crippen MR) is 102 cm³/mol. The third-order valence-corrected chi connectivity index (χ3v) is 5.19. The number of nitrogens with zero attached hydrogens (tertiary/aromatic N) is 2. The van der Waals surface area contributed by atoms with Gasteiger partial charge in [0.1, 0.15) is 12.1 Å². The molecule has 0 aromatic heterocycles. The van der Waals surface area contributed by atoms with Crippen LogP contribution >= 0.6 is 0 Å². The van der Waals surface area contributed by atoms with Gasteiger partial charge in [-0.2, -0.15) is 0 Å². The zero-order chi connectivity index (χ0) is 20.9. The predicted octanol–water partition coefficient (Wildman–Crippen LogP) is 1.61. The first kappa shape index (κ1) is 21.4. The fourth-order valence-corrected chi connectivity index (χ4v) is 3.11. The summed E-state index contributed by atoms with van der Waals surface area (Å²) in [6.07, 6.45) is 0.865. The SMILES string of the molecule is CCC1(CC)NC(=O)N(CC(=O)OCC(=O)N(C)Cc2ccccc2C)C1=O. The highest BCUT2D eigenvalue weighted by Crippen LogP contribution is 2.24. The van der Waals surface area contributed by atoms with Gasteiger partial charge in [0, 0.05) is 13.6 Å². The molecule has 152 valence electrons. The smallest absolute Gasteiger partial charge is 0.326 e. The number of urea groups is 1. The Morgan fingerprint density at radius 2 is 1.82 bits per heavy atom. The van der Waals surface area contributed by atoms with Crippen molar-refractivity contribution in [1.29, 1.82) is 0 Å². The largest absolute Gasteiger partial charge is 0.454 e. The molecule has 28 heavy (non-hydrogen) atoms. The molecule has 1 N–H and O–H groups in total. The molecule has 8 heteroatoms. The van der Waals surface area contributed by atoms with Crippen LogP contribution in [0.2, 0.25) is 0 Å². The van der Waals surface area contributed by atoms with E-state index in [1.165, 1.54) is 4.90 Å². The van der Waals surface area contributed by atoms with Crippen molar-refractivity contribution >= 4 is 23.8 Å². The van der Waals surface area contributed by atoms with Crippen LogP contribution in [0.5, 0.6) is 0 Å². The molecule has 2 rings (SSSR count). The van der Waals surface area contributed by atoms with E-state index in [9.17, 15) is 19.2 Å². The van der Waals surface area contributed by atoms with E-state index in [1.54, 1.807) is 20.9 Å². The van der Waals surface area contributed by atoms with Crippen LogP contribution in [0, 0.1) is 6.92 Å². The average Bonchev–Trinajstić information content (AvgIpc) is 2.92. The van der Waals surface area contributed by atoms with E-state index in [1.807, 2.05) is 31.2 Å². The van der Waals surface area contributed by atoms with Crippen LogP contribution in [0.3, 0.4) is 0 Å². The molecule has 1 aromatic rings. The van der Waals surface area contributed by atoms with Crippen molar-refractivity contribution in [3.05, 3.63) is 35.4 Å². The Hall–Kier alpha value is -2.90. The van der Waals surface area contributed by atoms with Gasteiger partial charge >= 0.3 is 12.0 Å². The second-order valence-corrected chi connectivity index (χ2v) is 6.95. The molecule has 1 heterocycles. The number of carbonyl (C=O) groups excluding carboxylic acids is 4. The summed E-state index contributed by atoms with van der Waals surface area (Å²) in [5.74, 6) is -1.61. The van der Waals surface area contributed by atoms with Crippen molar-refractivity contribution in [2.45, 2.75) is 45.7 Å². The van der Waals surface area contributed by atoms with Crippen LogP contribution < -0.4 is 5.32 Å². The first-order chi connectivity index (χ1) is 13.2. The summed E-state index contributed by atoms with van der Waals surface area (Å²) in [5, 5.41) is 2.64. The lowest BCUT2D eigenvalue weighted by atomic mass is 9.93. The lowest BCUT2D eigenvalue weighted by Gasteiger charge is -2.23. The Morgan fingerprint density at radius 3 is 2.39 bits per heavy atom. The van der Waals surface area contributed by atoms with Gasteiger partial charge in [0.15, 0.2) is 6.61 Å². The van der Waals surface area contributed by atoms with Crippen molar-refractivity contribution in [3.8, 4) is 0 Å². The summed E-state index contributed by atoms with van der Waals surface area (Å²) in [5.41, 5.74) is 1.09. The molecule has 0 atom stereocenters. The third-order valence-electron chi connectivity index (χ3n) is 5.19. The van der Waals surface area contributed by atoms with Crippen LogP contribution in [0.1, 0.15) is 37.8 Å². The number of nitrogens with one attached hydrogen (secondary N) is 1. The molecular formula is C20H27N3O5. The maximum atomic E-state index is 12.5.